The number of Topliss-reactive ketones (excluding diaryl/α,β-unsaturated/α-hetero) is 1. The van der Waals surface area contributed by atoms with Gasteiger partial charge in [0, 0.05) is 24.4 Å². The second-order valence-electron chi connectivity index (χ2n) is 6.56. The van der Waals surface area contributed by atoms with Crippen LogP contribution in [0.15, 0.2) is 0 Å². The molecule has 0 unspecified atom stereocenters. The first-order valence-corrected chi connectivity index (χ1v) is 7.95. The van der Waals surface area contributed by atoms with Crippen LogP contribution in [0, 0.1) is 5.92 Å². The summed E-state index contributed by atoms with van der Waals surface area (Å²) in [6.45, 7) is 4.58. The van der Waals surface area contributed by atoms with Gasteiger partial charge in [-0.3, -0.25) is 4.79 Å². The van der Waals surface area contributed by atoms with Crippen LogP contribution in [-0.4, -0.2) is 17.4 Å². The minimum absolute atomic E-state index is 0.157. The van der Waals surface area contributed by atoms with Crippen LogP contribution in [0.25, 0.3) is 0 Å². The molecule has 2 nitrogen and oxygen atoms in total. The fourth-order valence-electron chi connectivity index (χ4n) is 3.91. The van der Waals surface area contributed by atoms with Crippen LogP contribution in [-0.2, 0) is 4.79 Å². The van der Waals surface area contributed by atoms with Crippen LogP contribution in [0.2, 0.25) is 0 Å². The van der Waals surface area contributed by atoms with Crippen LogP contribution < -0.4 is 5.32 Å². The molecule has 1 spiro atoms. The molecule has 2 fully saturated rings. The van der Waals surface area contributed by atoms with Gasteiger partial charge in [0.05, 0.1) is 0 Å². The zero-order valence-electron chi connectivity index (χ0n) is 12.1. The number of carbonyl (C=O) groups excluding carboxylic acids is 1. The Morgan fingerprint density at radius 1 is 1.33 bits per heavy atom. The van der Waals surface area contributed by atoms with Crippen molar-refractivity contribution in [1.82, 2.24) is 5.32 Å². The van der Waals surface area contributed by atoms with Crippen LogP contribution in [0.1, 0.15) is 78.1 Å². The lowest BCUT2D eigenvalue weighted by Crippen LogP contribution is -2.60. The number of carbonyl (C=O) groups is 1. The fraction of sp³-hybridized carbons (Fsp3) is 0.938. The quantitative estimate of drug-likeness (QED) is 0.769. The van der Waals surface area contributed by atoms with E-state index in [0.717, 1.165) is 12.8 Å². The van der Waals surface area contributed by atoms with Crippen molar-refractivity contribution >= 4 is 5.78 Å². The third-order valence-corrected chi connectivity index (χ3v) is 5.09. The molecule has 1 N–H and O–H groups in total. The summed E-state index contributed by atoms with van der Waals surface area (Å²) in [5.74, 6) is 1.17. The van der Waals surface area contributed by atoms with Crippen molar-refractivity contribution in [2.24, 2.45) is 5.92 Å². The zero-order chi connectivity index (χ0) is 13.0. The molecule has 0 aromatic carbocycles. The lowest BCUT2D eigenvalue weighted by Gasteiger charge is -2.48. The molecule has 0 radical (unpaired) electrons. The molecule has 2 heteroatoms. The van der Waals surface area contributed by atoms with E-state index in [2.05, 4.69) is 19.2 Å². The molecule has 1 aliphatic carbocycles. The molecular weight excluding hydrogens is 222 g/mol. The van der Waals surface area contributed by atoms with Crippen LogP contribution in [0.5, 0.6) is 0 Å². The minimum Gasteiger partial charge on any atom is -0.307 e. The summed E-state index contributed by atoms with van der Waals surface area (Å²) in [5.41, 5.74) is 0.157. The van der Waals surface area contributed by atoms with Gasteiger partial charge in [-0.05, 0) is 25.2 Å². The normalized spacial score (nSPS) is 37.1. The number of unbranched alkanes of at least 4 members (excludes halogenated alkanes) is 2. The monoisotopic (exact) mass is 251 g/mol. The van der Waals surface area contributed by atoms with Gasteiger partial charge in [0.15, 0.2) is 0 Å². The highest BCUT2D eigenvalue weighted by molar-refractivity contribution is 5.81. The lowest BCUT2D eigenvalue weighted by molar-refractivity contribution is -0.125. The Balaban J connectivity index is 1.96. The predicted molar refractivity (Wildman–Crippen MR) is 75.7 cm³/mol. The zero-order valence-corrected chi connectivity index (χ0v) is 12.1. The largest absolute Gasteiger partial charge is 0.307 e. The van der Waals surface area contributed by atoms with Crippen molar-refractivity contribution in [1.29, 1.82) is 0 Å². The maximum absolute atomic E-state index is 12.1. The van der Waals surface area contributed by atoms with E-state index in [0.29, 0.717) is 17.7 Å². The van der Waals surface area contributed by atoms with Gasteiger partial charge >= 0.3 is 0 Å². The molecule has 1 saturated heterocycles. The van der Waals surface area contributed by atoms with Crippen molar-refractivity contribution in [2.75, 3.05) is 0 Å². The smallest absolute Gasteiger partial charge is 0.136 e. The van der Waals surface area contributed by atoms with Crippen molar-refractivity contribution in [2.45, 2.75) is 89.6 Å². The molecule has 2 aliphatic rings. The number of nitrogens with one attached hydrogen (secondary N) is 1. The van der Waals surface area contributed by atoms with E-state index in [1.165, 1.54) is 51.4 Å². The van der Waals surface area contributed by atoms with Gasteiger partial charge in [0.25, 0.3) is 0 Å². The van der Waals surface area contributed by atoms with Crippen molar-refractivity contribution < 1.29 is 4.79 Å². The van der Waals surface area contributed by atoms with Gasteiger partial charge in [-0.1, -0.05) is 46.0 Å². The maximum Gasteiger partial charge on any atom is 0.136 e. The molecule has 1 saturated carbocycles. The van der Waals surface area contributed by atoms with Crippen molar-refractivity contribution in [3.63, 3.8) is 0 Å². The summed E-state index contributed by atoms with van der Waals surface area (Å²) in [4.78, 5) is 12.1. The van der Waals surface area contributed by atoms with E-state index in [1.807, 2.05) is 0 Å². The second kappa shape index (κ2) is 6.18. The van der Waals surface area contributed by atoms with Crippen LogP contribution >= 0.6 is 0 Å². The first-order valence-electron chi connectivity index (χ1n) is 7.95. The third-order valence-electron chi connectivity index (χ3n) is 5.09. The SMILES string of the molecule is CCCCC[C@@H]1CC(=O)C[C@]2(CCCC[C@H]2C)N1. The second-order valence-corrected chi connectivity index (χ2v) is 6.56. The standard InChI is InChI=1S/C16H29NO/c1-3-4-5-9-14-11-15(18)12-16(17-14)10-7-6-8-13(16)2/h13-14,17H,3-12H2,1-2H3/t13-,14-,16+/m1/s1. The summed E-state index contributed by atoms with van der Waals surface area (Å²) in [6, 6.07) is 0.457. The Morgan fingerprint density at radius 2 is 2.17 bits per heavy atom. The minimum atomic E-state index is 0.157. The number of rotatable bonds is 4. The molecular formula is C16H29NO. The Morgan fingerprint density at radius 3 is 2.89 bits per heavy atom. The van der Waals surface area contributed by atoms with Crippen molar-refractivity contribution in [3.8, 4) is 0 Å². The molecule has 3 atom stereocenters. The molecule has 0 aromatic heterocycles. The molecule has 0 bridgehead atoms. The topological polar surface area (TPSA) is 29.1 Å². The molecule has 104 valence electrons. The summed E-state index contributed by atoms with van der Waals surface area (Å²) < 4.78 is 0. The van der Waals surface area contributed by atoms with Gasteiger partial charge in [-0.2, -0.15) is 0 Å². The highest BCUT2D eigenvalue weighted by Crippen LogP contribution is 2.39. The van der Waals surface area contributed by atoms with E-state index in [1.54, 1.807) is 0 Å². The highest BCUT2D eigenvalue weighted by Gasteiger charge is 2.44. The molecule has 0 amide bonds. The Bertz CT molecular complexity index is 289. The summed E-state index contributed by atoms with van der Waals surface area (Å²) in [7, 11) is 0. The Hall–Kier alpha value is -0.370. The molecule has 1 heterocycles. The summed E-state index contributed by atoms with van der Waals surface area (Å²) in [6.07, 6.45) is 11.7. The van der Waals surface area contributed by atoms with E-state index in [4.69, 9.17) is 0 Å². The molecule has 0 aromatic rings. The summed E-state index contributed by atoms with van der Waals surface area (Å²) >= 11 is 0. The molecule has 18 heavy (non-hydrogen) atoms. The molecule has 2 rings (SSSR count). The average molecular weight is 251 g/mol. The number of piperidine rings is 1. The van der Waals surface area contributed by atoms with E-state index in [9.17, 15) is 4.79 Å². The highest BCUT2D eigenvalue weighted by atomic mass is 16.1. The number of hydrogen-bond acceptors (Lipinski definition) is 2. The van der Waals surface area contributed by atoms with Gasteiger partial charge in [0.1, 0.15) is 5.78 Å². The first-order chi connectivity index (χ1) is 8.66. The first kappa shape index (κ1) is 14.0. The lowest BCUT2D eigenvalue weighted by atomic mass is 9.68. The fourth-order valence-corrected chi connectivity index (χ4v) is 3.91. The van der Waals surface area contributed by atoms with Crippen molar-refractivity contribution in [3.05, 3.63) is 0 Å². The van der Waals surface area contributed by atoms with Crippen LogP contribution in [0.3, 0.4) is 0 Å². The van der Waals surface area contributed by atoms with Gasteiger partial charge in [0.2, 0.25) is 0 Å². The van der Waals surface area contributed by atoms with Gasteiger partial charge in [-0.25, -0.2) is 0 Å². The maximum atomic E-state index is 12.1. The van der Waals surface area contributed by atoms with E-state index in [-0.39, 0.29) is 5.54 Å². The Kier molecular flexibility index (Phi) is 4.83. The third kappa shape index (κ3) is 3.14. The van der Waals surface area contributed by atoms with E-state index < -0.39 is 0 Å². The van der Waals surface area contributed by atoms with Crippen LogP contribution in [0.4, 0.5) is 0 Å². The Labute approximate surface area is 112 Å². The van der Waals surface area contributed by atoms with Gasteiger partial charge in [-0.15, -0.1) is 0 Å². The number of ketones is 1. The van der Waals surface area contributed by atoms with E-state index >= 15 is 0 Å². The predicted octanol–water partition coefficient (Wildman–Crippen LogP) is 3.84. The number of hydrogen-bond donors (Lipinski definition) is 1. The van der Waals surface area contributed by atoms with Gasteiger partial charge < -0.3 is 5.32 Å². The molecule has 1 aliphatic heterocycles. The summed E-state index contributed by atoms with van der Waals surface area (Å²) in [5, 5.41) is 3.89. The average Bonchev–Trinajstić information content (AvgIpc) is 2.33.